The highest BCUT2D eigenvalue weighted by molar-refractivity contribution is 5.92. The molecule has 2 N–H and O–H groups in total. The van der Waals surface area contributed by atoms with E-state index in [4.69, 9.17) is 5.73 Å². The molecule has 0 unspecified atom stereocenters. The summed E-state index contributed by atoms with van der Waals surface area (Å²) in [5.41, 5.74) is 7.43. The van der Waals surface area contributed by atoms with Crippen molar-refractivity contribution in [2.75, 3.05) is 17.7 Å². The molecule has 6 nitrogen and oxygen atoms in total. The summed E-state index contributed by atoms with van der Waals surface area (Å²) in [4.78, 5) is 25.3. The third-order valence-corrected chi connectivity index (χ3v) is 2.95. The first-order valence-electron chi connectivity index (χ1n) is 6.13. The molecule has 0 saturated carbocycles. The number of aryl methyl sites for hydroxylation is 1. The van der Waals surface area contributed by atoms with E-state index in [1.807, 2.05) is 0 Å². The summed E-state index contributed by atoms with van der Waals surface area (Å²) in [5.74, 6) is -0.228. The number of rotatable bonds is 3. The molecule has 20 heavy (non-hydrogen) atoms. The minimum absolute atomic E-state index is 0.0972. The molecule has 0 radical (unpaired) electrons. The van der Waals surface area contributed by atoms with Gasteiger partial charge in [-0.05, 0) is 36.8 Å². The third-order valence-electron chi connectivity index (χ3n) is 2.95. The zero-order valence-corrected chi connectivity index (χ0v) is 11.4. The van der Waals surface area contributed by atoms with Crippen LogP contribution in [-0.2, 0) is 11.3 Å². The van der Waals surface area contributed by atoms with Gasteiger partial charge in [0.2, 0.25) is 5.91 Å². The summed E-state index contributed by atoms with van der Waals surface area (Å²) in [6, 6.07) is 8.38. The van der Waals surface area contributed by atoms with Gasteiger partial charge >= 0.3 is 0 Å². The Balaban J connectivity index is 2.15. The van der Waals surface area contributed by atoms with E-state index in [1.54, 1.807) is 44.4 Å². The monoisotopic (exact) mass is 272 g/mol. The zero-order chi connectivity index (χ0) is 14.7. The van der Waals surface area contributed by atoms with E-state index >= 15 is 0 Å². The van der Waals surface area contributed by atoms with E-state index in [1.165, 1.54) is 11.0 Å². The van der Waals surface area contributed by atoms with E-state index in [9.17, 15) is 9.59 Å². The maximum absolute atomic E-state index is 12.1. The van der Waals surface area contributed by atoms with Gasteiger partial charge in [0.1, 0.15) is 6.54 Å². The molecule has 1 heterocycles. The molecule has 0 fully saturated rings. The summed E-state index contributed by atoms with van der Waals surface area (Å²) in [6.07, 6.45) is 1.55. The van der Waals surface area contributed by atoms with Crippen LogP contribution in [-0.4, -0.2) is 22.7 Å². The Hall–Kier alpha value is -2.63. The molecule has 0 aliphatic heterocycles. The summed E-state index contributed by atoms with van der Waals surface area (Å²) in [7, 11) is 1.65. The third kappa shape index (κ3) is 3.03. The van der Waals surface area contributed by atoms with E-state index in [0.29, 0.717) is 11.4 Å². The van der Waals surface area contributed by atoms with E-state index < -0.39 is 0 Å². The highest BCUT2D eigenvalue weighted by Gasteiger charge is 2.12. The largest absolute Gasteiger partial charge is 0.399 e. The van der Waals surface area contributed by atoms with Gasteiger partial charge in [-0.15, -0.1) is 0 Å². The van der Waals surface area contributed by atoms with Crippen molar-refractivity contribution < 1.29 is 4.79 Å². The number of nitrogen functional groups attached to an aromatic ring is 1. The first kappa shape index (κ1) is 13.8. The summed E-state index contributed by atoms with van der Waals surface area (Å²) in [6.45, 7) is 1.68. The van der Waals surface area contributed by atoms with Gasteiger partial charge in [0.15, 0.2) is 0 Å². The second-order valence-electron chi connectivity index (χ2n) is 4.57. The quantitative estimate of drug-likeness (QED) is 0.838. The molecular weight excluding hydrogens is 256 g/mol. The number of nitrogens with zero attached hydrogens (tertiary/aromatic N) is 3. The Morgan fingerprint density at radius 1 is 1.35 bits per heavy atom. The van der Waals surface area contributed by atoms with Crippen LogP contribution in [0.3, 0.4) is 0 Å². The maximum Gasteiger partial charge on any atom is 0.267 e. The first-order valence-corrected chi connectivity index (χ1v) is 6.13. The molecule has 6 heteroatoms. The standard InChI is InChI=1S/C14H16N4O2/c1-10-7-13(19)18(16-8-10)9-14(20)17(2)12-5-3-11(15)4-6-12/h3-8H,9,15H2,1-2H3. The van der Waals surface area contributed by atoms with Crippen molar-refractivity contribution in [3.8, 4) is 0 Å². The van der Waals surface area contributed by atoms with Gasteiger partial charge in [-0.25, -0.2) is 4.68 Å². The molecule has 0 aliphatic carbocycles. The van der Waals surface area contributed by atoms with Gasteiger partial charge in [0, 0.05) is 24.5 Å². The Morgan fingerprint density at radius 3 is 2.60 bits per heavy atom. The van der Waals surface area contributed by atoms with E-state index in [0.717, 1.165) is 10.2 Å². The number of likely N-dealkylation sites (N-methyl/N-ethyl adjacent to an activating group) is 1. The number of nitrogens with two attached hydrogens (primary N) is 1. The minimum atomic E-state index is -0.288. The van der Waals surface area contributed by atoms with E-state index in [2.05, 4.69) is 5.10 Å². The molecule has 0 saturated heterocycles. The Morgan fingerprint density at radius 2 is 2.00 bits per heavy atom. The van der Waals surface area contributed by atoms with Gasteiger partial charge in [0.05, 0.1) is 6.20 Å². The average molecular weight is 272 g/mol. The normalized spacial score (nSPS) is 10.3. The molecule has 0 atom stereocenters. The maximum atomic E-state index is 12.1. The lowest BCUT2D eigenvalue weighted by Crippen LogP contribution is -2.34. The van der Waals surface area contributed by atoms with Crippen LogP contribution in [0.1, 0.15) is 5.56 Å². The number of anilines is 2. The summed E-state index contributed by atoms with van der Waals surface area (Å²) < 4.78 is 1.14. The van der Waals surface area contributed by atoms with Gasteiger partial charge < -0.3 is 10.6 Å². The predicted octanol–water partition coefficient (Wildman–Crippen LogP) is 0.797. The number of carbonyl (C=O) groups is 1. The van der Waals surface area contributed by atoms with Gasteiger partial charge in [-0.1, -0.05) is 0 Å². The molecule has 1 aromatic heterocycles. The van der Waals surface area contributed by atoms with Crippen LogP contribution in [0.25, 0.3) is 0 Å². The topological polar surface area (TPSA) is 81.2 Å². The summed E-state index contributed by atoms with van der Waals surface area (Å²) >= 11 is 0. The number of hydrogen-bond donors (Lipinski definition) is 1. The molecule has 1 amide bonds. The van der Waals surface area contributed by atoms with Crippen molar-refractivity contribution >= 4 is 17.3 Å². The van der Waals surface area contributed by atoms with Crippen LogP contribution in [0, 0.1) is 6.92 Å². The van der Waals surface area contributed by atoms with Crippen LogP contribution < -0.4 is 16.2 Å². The molecule has 0 bridgehead atoms. The van der Waals surface area contributed by atoms with Crippen molar-refractivity contribution in [3.63, 3.8) is 0 Å². The smallest absolute Gasteiger partial charge is 0.267 e. The predicted molar refractivity (Wildman–Crippen MR) is 77.5 cm³/mol. The fourth-order valence-electron chi connectivity index (χ4n) is 1.72. The summed E-state index contributed by atoms with van der Waals surface area (Å²) in [5, 5.41) is 3.94. The lowest BCUT2D eigenvalue weighted by molar-refractivity contribution is -0.119. The lowest BCUT2D eigenvalue weighted by atomic mass is 10.2. The van der Waals surface area contributed by atoms with Gasteiger partial charge in [0.25, 0.3) is 5.56 Å². The average Bonchev–Trinajstić information content (AvgIpc) is 2.42. The molecule has 2 aromatic rings. The molecule has 0 aliphatic rings. The highest BCUT2D eigenvalue weighted by Crippen LogP contribution is 2.14. The number of carbonyl (C=O) groups excluding carboxylic acids is 1. The van der Waals surface area contributed by atoms with Gasteiger partial charge in [-0.3, -0.25) is 9.59 Å². The van der Waals surface area contributed by atoms with Crippen LogP contribution in [0.15, 0.2) is 41.3 Å². The fraction of sp³-hybridized carbons (Fsp3) is 0.214. The van der Waals surface area contributed by atoms with Crippen molar-refractivity contribution in [2.24, 2.45) is 0 Å². The van der Waals surface area contributed by atoms with Crippen LogP contribution >= 0.6 is 0 Å². The first-order chi connectivity index (χ1) is 9.47. The second-order valence-corrected chi connectivity index (χ2v) is 4.57. The van der Waals surface area contributed by atoms with Crippen LogP contribution in [0.4, 0.5) is 11.4 Å². The number of aromatic nitrogens is 2. The lowest BCUT2D eigenvalue weighted by Gasteiger charge is -2.17. The Bertz CT molecular complexity index is 676. The van der Waals surface area contributed by atoms with Crippen molar-refractivity contribution in [2.45, 2.75) is 13.5 Å². The van der Waals surface area contributed by atoms with E-state index in [-0.39, 0.29) is 18.0 Å². The van der Waals surface area contributed by atoms with Crippen LogP contribution in [0.5, 0.6) is 0 Å². The molecule has 2 rings (SSSR count). The van der Waals surface area contributed by atoms with Crippen molar-refractivity contribution in [3.05, 3.63) is 52.4 Å². The fourth-order valence-corrected chi connectivity index (χ4v) is 1.72. The second kappa shape index (κ2) is 5.56. The number of benzene rings is 1. The van der Waals surface area contributed by atoms with Crippen molar-refractivity contribution in [1.29, 1.82) is 0 Å². The molecule has 0 spiro atoms. The molecule has 1 aromatic carbocycles. The van der Waals surface area contributed by atoms with Gasteiger partial charge in [-0.2, -0.15) is 5.10 Å². The Labute approximate surface area is 116 Å². The van der Waals surface area contributed by atoms with Crippen molar-refractivity contribution in [1.82, 2.24) is 9.78 Å². The Kier molecular flexibility index (Phi) is 3.84. The van der Waals surface area contributed by atoms with Crippen LogP contribution in [0.2, 0.25) is 0 Å². The number of amides is 1. The molecule has 104 valence electrons. The molecular formula is C14H16N4O2. The zero-order valence-electron chi connectivity index (χ0n) is 11.4. The number of hydrogen-bond acceptors (Lipinski definition) is 4. The minimum Gasteiger partial charge on any atom is -0.399 e. The highest BCUT2D eigenvalue weighted by atomic mass is 16.2. The SMILES string of the molecule is Cc1cnn(CC(=O)N(C)c2ccc(N)cc2)c(=O)c1.